The van der Waals surface area contributed by atoms with Crippen molar-refractivity contribution in [3.63, 3.8) is 0 Å². The molecule has 2 N–H and O–H groups in total. The number of pyridine rings is 1. The van der Waals surface area contributed by atoms with Crippen LogP contribution in [0.25, 0.3) is 16.9 Å². The number of rotatable bonds is 5. The van der Waals surface area contributed by atoms with Gasteiger partial charge in [0.25, 0.3) is 0 Å². The normalized spacial score (nSPS) is 21.0. The molecule has 156 valence electrons. The third kappa shape index (κ3) is 3.31. The maximum atomic E-state index is 5.09. The zero-order valence-electron chi connectivity index (χ0n) is 17.4. The Kier molecular flexibility index (Phi) is 4.35. The molecular weight excluding hydrogens is 386 g/mol. The molecule has 2 aliphatic heterocycles. The van der Waals surface area contributed by atoms with E-state index >= 15 is 0 Å². The van der Waals surface area contributed by atoms with E-state index in [-0.39, 0.29) is 6.04 Å². The molecule has 0 unspecified atom stereocenters. The van der Waals surface area contributed by atoms with Crippen molar-refractivity contribution < 1.29 is 0 Å². The van der Waals surface area contributed by atoms with Gasteiger partial charge >= 0.3 is 0 Å². The number of benzene rings is 1. The van der Waals surface area contributed by atoms with Gasteiger partial charge in [-0.1, -0.05) is 30.3 Å². The van der Waals surface area contributed by atoms with Crippen LogP contribution in [-0.2, 0) is 0 Å². The van der Waals surface area contributed by atoms with Gasteiger partial charge in [-0.05, 0) is 31.0 Å². The SMILES string of the molecule is C[C@H](Nc1cc(-c2cc3nccn3c(N3C[C@@H]4C[C@H]3CN4)n2)ccn1)c1ccccc1. The lowest BCUT2D eigenvalue weighted by atomic mass is 10.1. The van der Waals surface area contributed by atoms with Crippen LogP contribution in [0.5, 0.6) is 0 Å². The van der Waals surface area contributed by atoms with Gasteiger partial charge < -0.3 is 15.5 Å². The van der Waals surface area contributed by atoms with Gasteiger partial charge in [-0.3, -0.25) is 4.40 Å². The van der Waals surface area contributed by atoms with Gasteiger partial charge in [-0.15, -0.1) is 0 Å². The van der Waals surface area contributed by atoms with Crippen LogP contribution in [0.3, 0.4) is 0 Å². The van der Waals surface area contributed by atoms with E-state index in [1.165, 1.54) is 12.0 Å². The summed E-state index contributed by atoms with van der Waals surface area (Å²) in [4.78, 5) is 16.6. The van der Waals surface area contributed by atoms with Gasteiger partial charge in [-0.25, -0.2) is 15.0 Å². The minimum atomic E-state index is 0.162. The van der Waals surface area contributed by atoms with Gasteiger partial charge in [0.05, 0.1) is 5.69 Å². The molecule has 0 spiro atoms. The lowest BCUT2D eigenvalue weighted by Crippen LogP contribution is -2.44. The van der Waals surface area contributed by atoms with Gasteiger partial charge in [0.15, 0.2) is 0 Å². The fourth-order valence-electron chi connectivity index (χ4n) is 4.78. The molecule has 2 aliphatic rings. The Morgan fingerprint density at radius 1 is 1.10 bits per heavy atom. The third-order valence-corrected chi connectivity index (χ3v) is 6.40. The quantitative estimate of drug-likeness (QED) is 0.524. The van der Waals surface area contributed by atoms with E-state index in [0.717, 1.165) is 41.8 Å². The highest BCUT2D eigenvalue weighted by Crippen LogP contribution is 2.31. The molecule has 0 saturated carbocycles. The molecule has 0 amide bonds. The highest BCUT2D eigenvalue weighted by molar-refractivity contribution is 5.68. The second kappa shape index (κ2) is 7.35. The van der Waals surface area contributed by atoms with Crippen molar-refractivity contribution >= 4 is 17.4 Å². The number of anilines is 2. The summed E-state index contributed by atoms with van der Waals surface area (Å²) < 4.78 is 2.10. The number of aromatic nitrogens is 4. The Morgan fingerprint density at radius 2 is 2.00 bits per heavy atom. The van der Waals surface area contributed by atoms with Gasteiger partial charge in [0.2, 0.25) is 5.95 Å². The van der Waals surface area contributed by atoms with Gasteiger partial charge in [0, 0.05) is 61.4 Å². The molecule has 5 heterocycles. The predicted molar refractivity (Wildman–Crippen MR) is 122 cm³/mol. The standard InChI is InChI=1S/C24H25N7/c1-16(17-5-3-2-4-6-17)28-22-11-18(7-8-25-22)21-13-23-26-9-10-30(23)24(29-21)31-15-19-12-20(31)14-27-19/h2-11,13,16,19-20,27H,12,14-15H2,1H3,(H,25,28)/t16-,19-,20-/m0/s1. The topological polar surface area (TPSA) is 70.4 Å². The average Bonchev–Trinajstić information content (AvgIpc) is 3.56. The summed E-state index contributed by atoms with van der Waals surface area (Å²) in [5.41, 5.74) is 4.10. The minimum absolute atomic E-state index is 0.162. The largest absolute Gasteiger partial charge is 0.364 e. The Hall–Kier alpha value is -3.45. The first-order valence-corrected chi connectivity index (χ1v) is 10.9. The molecule has 6 rings (SSSR count). The van der Waals surface area contributed by atoms with Crippen LogP contribution >= 0.6 is 0 Å². The van der Waals surface area contributed by atoms with E-state index in [4.69, 9.17) is 4.98 Å². The van der Waals surface area contributed by atoms with Crippen molar-refractivity contribution in [3.8, 4) is 11.3 Å². The lowest BCUT2D eigenvalue weighted by molar-refractivity contribution is 0.570. The Morgan fingerprint density at radius 3 is 2.81 bits per heavy atom. The molecule has 7 heteroatoms. The van der Waals surface area contributed by atoms with E-state index in [9.17, 15) is 0 Å². The Labute approximate surface area is 181 Å². The highest BCUT2D eigenvalue weighted by atomic mass is 15.4. The summed E-state index contributed by atoms with van der Waals surface area (Å²) >= 11 is 0. The van der Waals surface area contributed by atoms with E-state index < -0.39 is 0 Å². The molecule has 0 radical (unpaired) electrons. The number of fused-ring (bicyclic) bond motifs is 3. The number of nitrogens with zero attached hydrogens (tertiary/aromatic N) is 5. The molecule has 0 aliphatic carbocycles. The summed E-state index contributed by atoms with van der Waals surface area (Å²) in [6.07, 6.45) is 6.87. The zero-order valence-corrected chi connectivity index (χ0v) is 17.4. The predicted octanol–water partition coefficient (Wildman–Crippen LogP) is 3.51. The van der Waals surface area contributed by atoms with Crippen LogP contribution in [0.4, 0.5) is 11.8 Å². The van der Waals surface area contributed by atoms with Crippen molar-refractivity contribution in [1.29, 1.82) is 0 Å². The van der Waals surface area contributed by atoms with Crippen molar-refractivity contribution in [2.24, 2.45) is 0 Å². The van der Waals surface area contributed by atoms with Crippen LogP contribution in [-0.4, -0.2) is 44.5 Å². The Balaban J connectivity index is 1.34. The van der Waals surface area contributed by atoms with Crippen LogP contribution in [0, 0.1) is 0 Å². The van der Waals surface area contributed by atoms with Crippen LogP contribution < -0.4 is 15.5 Å². The molecular formula is C24H25N7. The van der Waals surface area contributed by atoms with Crippen molar-refractivity contribution in [3.05, 3.63) is 72.7 Å². The number of piperazine rings is 1. The van der Waals surface area contributed by atoms with Crippen molar-refractivity contribution in [2.45, 2.75) is 31.5 Å². The van der Waals surface area contributed by atoms with Crippen molar-refractivity contribution in [2.75, 3.05) is 23.3 Å². The Bertz CT molecular complexity index is 1220. The zero-order chi connectivity index (χ0) is 20.8. The molecule has 4 aromatic rings. The number of hydrogen-bond donors (Lipinski definition) is 2. The summed E-state index contributed by atoms with van der Waals surface area (Å²) in [5, 5.41) is 7.09. The molecule has 2 fully saturated rings. The summed E-state index contributed by atoms with van der Waals surface area (Å²) in [5.74, 6) is 1.81. The van der Waals surface area contributed by atoms with Crippen LogP contribution in [0.1, 0.15) is 24.9 Å². The number of nitrogens with one attached hydrogen (secondary N) is 2. The molecule has 3 aromatic heterocycles. The van der Waals surface area contributed by atoms with Crippen molar-refractivity contribution in [1.82, 2.24) is 24.7 Å². The first kappa shape index (κ1) is 18.3. The molecule has 3 atom stereocenters. The second-order valence-electron chi connectivity index (χ2n) is 8.45. The van der Waals surface area contributed by atoms with E-state index in [1.807, 2.05) is 30.7 Å². The van der Waals surface area contributed by atoms with E-state index in [1.54, 1.807) is 0 Å². The average molecular weight is 412 g/mol. The fraction of sp³-hybridized carbons (Fsp3) is 0.292. The third-order valence-electron chi connectivity index (χ3n) is 6.40. The maximum Gasteiger partial charge on any atom is 0.212 e. The first-order valence-electron chi connectivity index (χ1n) is 10.9. The molecule has 2 saturated heterocycles. The monoisotopic (exact) mass is 411 g/mol. The highest BCUT2D eigenvalue weighted by Gasteiger charge is 2.39. The molecule has 7 nitrogen and oxygen atoms in total. The number of hydrogen-bond acceptors (Lipinski definition) is 6. The van der Waals surface area contributed by atoms with Crippen LogP contribution in [0.2, 0.25) is 0 Å². The van der Waals surface area contributed by atoms with Crippen LogP contribution in [0.15, 0.2) is 67.1 Å². The van der Waals surface area contributed by atoms with Gasteiger partial charge in [-0.2, -0.15) is 0 Å². The van der Waals surface area contributed by atoms with E-state index in [0.29, 0.717) is 12.1 Å². The molecule has 31 heavy (non-hydrogen) atoms. The molecule has 2 bridgehead atoms. The van der Waals surface area contributed by atoms with E-state index in [2.05, 4.69) is 73.2 Å². The smallest absolute Gasteiger partial charge is 0.212 e. The summed E-state index contributed by atoms with van der Waals surface area (Å²) in [6.45, 7) is 4.16. The summed E-state index contributed by atoms with van der Waals surface area (Å²) in [6, 6.07) is 17.8. The summed E-state index contributed by atoms with van der Waals surface area (Å²) in [7, 11) is 0. The second-order valence-corrected chi connectivity index (χ2v) is 8.45. The molecule has 1 aromatic carbocycles. The minimum Gasteiger partial charge on any atom is -0.364 e. The van der Waals surface area contributed by atoms with Gasteiger partial charge in [0.1, 0.15) is 11.5 Å². The first-order chi connectivity index (χ1) is 15.2. The fourth-order valence-corrected chi connectivity index (χ4v) is 4.78. The number of imidazole rings is 1. The lowest BCUT2D eigenvalue weighted by Gasteiger charge is -2.29. The maximum absolute atomic E-state index is 5.09.